The van der Waals surface area contributed by atoms with Gasteiger partial charge in [-0.15, -0.1) is 0 Å². The SMILES string of the molecule is COC(=O)C(C)C(C)NCC1(C)CCOCC1. The Morgan fingerprint density at radius 2 is 2.00 bits per heavy atom. The molecule has 0 aliphatic carbocycles. The number of methoxy groups -OCH3 is 1. The molecule has 0 aromatic heterocycles. The molecule has 0 aromatic carbocycles. The van der Waals surface area contributed by atoms with Crippen molar-refractivity contribution in [3.8, 4) is 0 Å². The van der Waals surface area contributed by atoms with E-state index in [9.17, 15) is 4.79 Å². The van der Waals surface area contributed by atoms with E-state index in [2.05, 4.69) is 12.2 Å². The molecule has 1 saturated heterocycles. The van der Waals surface area contributed by atoms with Gasteiger partial charge in [0, 0.05) is 25.8 Å². The van der Waals surface area contributed by atoms with E-state index in [4.69, 9.17) is 9.47 Å². The molecule has 0 aromatic rings. The van der Waals surface area contributed by atoms with Gasteiger partial charge in [-0.1, -0.05) is 13.8 Å². The lowest BCUT2D eigenvalue weighted by Crippen LogP contribution is -2.44. The molecule has 0 radical (unpaired) electrons. The van der Waals surface area contributed by atoms with Gasteiger partial charge in [-0.2, -0.15) is 0 Å². The van der Waals surface area contributed by atoms with Crippen molar-refractivity contribution in [2.24, 2.45) is 11.3 Å². The molecule has 4 nitrogen and oxygen atoms in total. The van der Waals surface area contributed by atoms with Crippen molar-refractivity contribution in [2.75, 3.05) is 26.9 Å². The van der Waals surface area contributed by atoms with Crippen LogP contribution in [0.2, 0.25) is 0 Å². The quantitative estimate of drug-likeness (QED) is 0.745. The first-order valence-electron chi connectivity index (χ1n) is 6.37. The van der Waals surface area contributed by atoms with Gasteiger partial charge in [0.2, 0.25) is 0 Å². The second-order valence-electron chi connectivity index (χ2n) is 5.40. The van der Waals surface area contributed by atoms with Gasteiger partial charge in [-0.25, -0.2) is 0 Å². The smallest absolute Gasteiger partial charge is 0.309 e. The Kier molecular flexibility index (Phi) is 5.40. The number of hydrogen-bond donors (Lipinski definition) is 1. The standard InChI is InChI=1S/C13H25NO3/c1-10(12(15)16-4)11(2)14-9-13(3)5-7-17-8-6-13/h10-11,14H,5-9H2,1-4H3. The lowest BCUT2D eigenvalue weighted by molar-refractivity contribution is -0.145. The number of nitrogens with one attached hydrogen (secondary N) is 1. The van der Waals surface area contributed by atoms with Gasteiger partial charge in [0.1, 0.15) is 0 Å². The average Bonchev–Trinajstić information content (AvgIpc) is 2.35. The van der Waals surface area contributed by atoms with Crippen LogP contribution in [0.4, 0.5) is 0 Å². The van der Waals surface area contributed by atoms with Gasteiger partial charge in [-0.3, -0.25) is 4.79 Å². The van der Waals surface area contributed by atoms with E-state index >= 15 is 0 Å². The molecule has 1 N–H and O–H groups in total. The fraction of sp³-hybridized carbons (Fsp3) is 0.923. The van der Waals surface area contributed by atoms with Crippen molar-refractivity contribution in [1.29, 1.82) is 0 Å². The largest absolute Gasteiger partial charge is 0.469 e. The maximum absolute atomic E-state index is 11.4. The van der Waals surface area contributed by atoms with Crippen LogP contribution in [0.25, 0.3) is 0 Å². The van der Waals surface area contributed by atoms with E-state index in [1.165, 1.54) is 7.11 Å². The molecular formula is C13H25NO3. The van der Waals surface area contributed by atoms with Gasteiger partial charge >= 0.3 is 5.97 Å². The van der Waals surface area contributed by atoms with E-state index in [1.807, 2.05) is 13.8 Å². The fourth-order valence-electron chi connectivity index (χ4n) is 2.02. The number of esters is 1. The van der Waals surface area contributed by atoms with Gasteiger partial charge in [0.25, 0.3) is 0 Å². The molecule has 1 aliphatic rings. The summed E-state index contributed by atoms with van der Waals surface area (Å²) in [6.07, 6.45) is 2.17. The van der Waals surface area contributed by atoms with E-state index in [0.717, 1.165) is 32.6 Å². The normalized spacial score (nSPS) is 22.8. The first-order valence-corrected chi connectivity index (χ1v) is 6.37. The highest BCUT2D eigenvalue weighted by Crippen LogP contribution is 2.29. The number of hydrogen-bond acceptors (Lipinski definition) is 4. The summed E-state index contributed by atoms with van der Waals surface area (Å²) in [6, 6.07) is 0.141. The van der Waals surface area contributed by atoms with Crippen LogP contribution in [-0.2, 0) is 14.3 Å². The van der Waals surface area contributed by atoms with Crippen LogP contribution in [0.15, 0.2) is 0 Å². The predicted molar refractivity (Wildman–Crippen MR) is 66.8 cm³/mol. The Hall–Kier alpha value is -0.610. The van der Waals surface area contributed by atoms with Crippen molar-refractivity contribution < 1.29 is 14.3 Å². The van der Waals surface area contributed by atoms with Crippen LogP contribution >= 0.6 is 0 Å². The first-order chi connectivity index (χ1) is 7.98. The topological polar surface area (TPSA) is 47.6 Å². The molecule has 2 unspecified atom stereocenters. The maximum atomic E-state index is 11.4. The Balaban J connectivity index is 2.36. The van der Waals surface area contributed by atoms with Crippen LogP contribution in [0.1, 0.15) is 33.6 Å². The molecule has 17 heavy (non-hydrogen) atoms. The molecule has 1 fully saturated rings. The van der Waals surface area contributed by atoms with Gasteiger partial charge in [0.05, 0.1) is 13.0 Å². The second kappa shape index (κ2) is 6.36. The van der Waals surface area contributed by atoms with Crippen molar-refractivity contribution in [1.82, 2.24) is 5.32 Å². The minimum atomic E-state index is -0.151. The highest BCUT2D eigenvalue weighted by molar-refractivity contribution is 5.72. The summed E-state index contributed by atoms with van der Waals surface area (Å²) in [5, 5.41) is 3.45. The van der Waals surface area contributed by atoms with E-state index < -0.39 is 0 Å². The van der Waals surface area contributed by atoms with Gasteiger partial charge in [0.15, 0.2) is 0 Å². The van der Waals surface area contributed by atoms with Gasteiger partial charge < -0.3 is 14.8 Å². The zero-order valence-corrected chi connectivity index (χ0v) is 11.4. The van der Waals surface area contributed by atoms with Crippen molar-refractivity contribution >= 4 is 5.97 Å². The van der Waals surface area contributed by atoms with E-state index in [-0.39, 0.29) is 17.9 Å². The minimum Gasteiger partial charge on any atom is -0.469 e. The summed E-state index contributed by atoms with van der Waals surface area (Å²) in [5.74, 6) is -0.259. The highest BCUT2D eigenvalue weighted by Gasteiger charge is 2.29. The second-order valence-corrected chi connectivity index (χ2v) is 5.40. The average molecular weight is 243 g/mol. The van der Waals surface area contributed by atoms with Crippen LogP contribution in [0.5, 0.6) is 0 Å². The third-order valence-electron chi connectivity index (χ3n) is 3.87. The summed E-state index contributed by atoms with van der Waals surface area (Å²) in [5.41, 5.74) is 0.294. The molecule has 4 heteroatoms. The van der Waals surface area contributed by atoms with Crippen LogP contribution < -0.4 is 5.32 Å². The molecule has 1 aliphatic heterocycles. The molecule has 2 atom stereocenters. The maximum Gasteiger partial charge on any atom is 0.309 e. The zero-order chi connectivity index (χ0) is 12.9. The molecule has 0 spiro atoms. The third kappa shape index (κ3) is 4.28. The molecule has 0 bridgehead atoms. The highest BCUT2D eigenvalue weighted by atomic mass is 16.5. The number of rotatable bonds is 5. The summed E-state index contributed by atoms with van der Waals surface area (Å²) in [6.45, 7) is 8.83. The van der Waals surface area contributed by atoms with E-state index in [0.29, 0.717) is 5.41 Å². The van der Waals surface area contributed by atoms with Gasteiger partial charge in [-0.05, 0) is 25.2 Å². The molecule has 1 rings (SSSR count). The minimum absolute atomic E-state index is 0.108. The predicted octanol–water partition coefficient (Wildman–Crippen LogP) is 1.59. The zero-order valence-electron chi connectivity index (χ0n) is 11.4. The van der Waals surface area contributed by atoms with Crippen LogP contribution in [0.3, 0.4) is 0 Å². The molecule has 0 saturated carbocycles. The van der Waals surface area contributed by atoms with Crippen molar-refractivity contribution in [3.05, 3.63) is 0 Å². The van der Waals surface area contributed by atoms with Crippen LogP contribution in [-0.4, -0.2) is 38.9 Å². The summed E-state index contributed by atoms with van der Waals surface area (Å²) < 4.78 is 10.1. The Labute approximate surface area is 104 Å². The summed E-state index contributed by atoms with van der Waals surface area (Å²) in [4.78, 5) is 11.4. The third-order valence-corrected chi connectivity index (χ3v) is 3.87. The monoisotopic (exact) mass is 243 g/mol. The van der Waals surface area contributed by atoms with E-state index in [1.54, 1.807) is 0 Å². The molecule has 1 heterocycles. The Morgan fingerprint density at radius 3 is 2.53 bits per heavy atom. The number of carbonyl (C=O) groups is 1. The lowest BCUT2D eigenvalue weighted by Gasteiger charge is -2.35. The summed E-state index contributed by atoms with van der Waals surface area (Å²) in [7, 11) is 1.44. The first kappa shape index (κ1) is 14.5. The summed E-state index contributed by atoms with van der Waals surface area (Å²) >= 11 is 0. The van der Waals surface area contributed by atoms with Crippen molar-refractivity contribution in [2.45, 2.75) is 39.7 Å². The number of carbonyl (C=O) groups excluding carboxylic acids is 1. The van der Waals surface area contributed by atoms with Crippen molar-refractivity contribution in [3.63, 3.8) is 0 Å². The van der Waals surface area contributed by atoms with Crippen LogP contribution in [0, 0.1) is 11.3 Å². The Morgan fingerprint density at radius 1 is 1.41 bits per heavy atom. The number of ether oxygens (including phenoxy) is 2. The fourth-order valence-corrected chi connectivity index (χ4v) is 2.02. The lowest BCUT2D eigenvalue weighted by atomic mass is 9.82. The molecular weight excluding hydrogens is 218 g/mol. The Bertz CT molecular complexity index is 249. The molecule has 0 amide bonds. The molecule has 100 valence electrons.